The van der Waals surface area contributed by atoms with Crippen molar-refractivity contribution in [3.8, 4) is 0 Å². The van der Waals surface area contributed by atoms with Gasteiger partial charge in [-0.05, 0) is 35.4 Å². The average Bonchev–Trinajstić information content (AvgIpc) is 3.08. The molecular weight excluding hydrogens is 429 g/mol. The van der Waals surface area contributed by atoms with Gasteiger partial charge in [0.15, 0.2) is 0 Å². The van der Waals surface area contributed by atoms with Crippen molar-refractivity contribution >= 4 is 55.4 Å². The van der Waals surface area contributed by atoms with Crippen molar-refractivity contribution in [2.75, 3.05) is 5.32 Å². The largest absolute Gasteiger partial charge is 0.300 e. The van der Waals surface area contributed by atoms with Gasteiger partial charge in [-0.3, -0.25) is 4.79 Å². The monoisotopic (exact) mass is 441 g/mol. The summed E-state index contributed by atoms with van der Waals surface area (Å²) in [4.78, 5) is 12.1. The topological polar surface area (TPSA) is 89.0 Å². The Balaban J connectivity index is 1.65. The van der Waals surface area contributed by atoms with Crippen LogP contribution in [0.3, 0.4) is 0 Å². The van der Waals surface area contributed by atoms with Crippen LogP contribution in [0, 0.1) is 0 Å². The molecule has 0 fully saturated rings. The lowest BCUT2D eigenvalue weighted by molar-refractivity contribution is -0.115. The van der Waals surface area contributed by atoms with Crippen molar-refractivity contribution in [3.05, 3.63) is 69.7 Å². The third kappa shape index (κ3) is 5.49. The molecule has 1 aromatic heterocycles. The summed E-state index contributed by atoms with van der Waals surface area (Å²) in [6, 6.07) is 13.4. The van der Waals surface area contributed by atoms with Crippen molar-refractivity contribution < 1.29 is 13.2 Å². The van der Waals surface area contributed by atoms with Crippen LogP contribution in [0.2, 0.25) is 10.0 Å². The normalized spacial score (nSPS) is 11.3. The molecule has 0 atom stereocenters. The molecule has 27 heavy (non-hydrogen) atoms. The predicted molar refractivity (Wildman–Crippen MR) is 106 cm³/mol. The number of nitrogens with zero attached hydrogens (tertiary/aromatic N) is 2. The number of carbonyl (C=O) groups excluding carboxylic acids is 1. The average molecular weight is 442 g/mol. The molecule has 1 amide bonds. The van der Waals surface area contributed by atoms with Gasteiger partial charge in [-0.2, -0.15) is 0 Å². The molecule has 0 bridgehead atoms. The summed E-state index contributed by atoms with van der Waals surface area (Å²) in [5.74, 6) is -0.549. The maximum atomic E-state index is 12.5. The van der Waals surface area contributed by atoms with Crippen molar-refractivity contribution in [1.82, 2.24) is 10.2 Å². The number of hydrogen-bond acceptors (Lipinski definition) is 6. The molecular formula is C17H13Cl2N3O3S2. The Bertz CT molecular complexity index is 1050. The van der Waals surface area contributed by atoms with Gasteiger partial charge in [0, 0.05) is 10.0 Å². The van der Waals surface area contributed by atoms with Crippen LogP contribution in [0.5, 0.6) is 0 Å². The molecule has 0 saturated heterocycles. The number of sulfone groups is 1. The van der Waals surface area contributed by atoms with E-state index in [2.05, 4.69) is 15.5 Å². The lowest BCUT2D eigenvalue weighted by Crippen LogP contribution is -2.14. The Morgan fingerprint density at radius 2 is 1.48 bits per heavy atom. The fourth-order valence-electron chi connectivity index (χ4n) is 2.20. The Hall–Kier alpha value is -2.00. The summed E-state index contributed by atoms with van der Waals surface area (Å²) in [6.07, 6.45) is 0.115. The first-order chi connectivity index (χ1) is 12.8. The molecule has 1 N–H and O–H groups in total. The first-order valence-electron chi connectivity index (χ1n) is 7.67. The second-order valence-corrected chi connectivity index (χ2v) is 9.62. The standard InChI is InChI=1S/C17H13Cl2N3O3S2/c18-13-5-1-11(2-6-13)9-15(23)20-16-21-22-17(26-16)27(24,25)10-12-3-7-14(19)8-4-12/h1-8H,9-10H2,(H,20,21,23). The van der Waals surface area contributed by atoms with Crippen molar-refractivity contribution in [1.29, 1.82) is 0 Å². The smallest absolute Gasteiger partial charge is 0.234 e. The van der Waals surface area contributed by atoms with Crippen LogP contribution >= 0.6 is 34.5 Å². The van der Waals surface area contributed by atoms with Crippen molar-refractivity contribution in [3.63, 3.8) is 0 Å². The second-order valence-electron chi connectivity index (χ2n) is 5.61. The van der Waals surface area contributed by atoms with Gasteiger partial charge in [-0.15, -0.1) is 10.2 Å². The van der Waals surface area contributed by atoms with Crippen LogP contribution in [-0.4, -0.2) is 24.5 Å². The van der Waals surface area contributed by atoms with Gasteiger partial charge in [0.2, 0.25) is 25.2 Å². The van der Waals surface area contributed by atoms with Gasteiger partial charge < -0.3 is 5.32 Å². The first-order valence-corrected chi connectivity index (χ1v) is 10.9. The lowest BCUT2D eigenvalue weighted by atomic mass is 10.1. The van der Waals surface area contributed by atoms with Crippen LogP contribution in [0.4, 0.5) is 5.13 Å². The fraction of sp³-hybridized carbons (Fsp3) is 0.118. The molecule has 0 saturated carbocycles. The molecule has 2 aromatic carbocycles. The van der Waals surface area contributed by atoms with E-state index in [4.69, 9.17) is 23.2 Å². The Morgan fingerprint density at radius 3 is 2.07 bits per heavy atom. The minimum Gasteiger partial charge on any atom is -0.300 e. The third-order valence-electron chi connectivity index (χ3n) is 3.47. The van der Waals surface area contributed by atoms with E-state index in [1.54, 1.807) is 48.5 Å². The number of rotatable bonds is 6. The van der Waals surface area contributed by atoms with Crippen LogP contribution < -0.4 is 5.32 Å². The van der Waals surface area contributed by atoms with E-state index >= 15 is 0 Å². The number of anilines is 1. The van der Waals surface area contributed by atoms with Gasteiger partial charge in [-0.1, -0.05) is 58.8 Å². The number of aromatic nitrogens is 2. The molecule has 0 spiro atoms. The minimum absolute atomic E-state index is 0.115. The molecule has 1 heterocycles. The molecule has 10 heteroatoms. The highest BCUT2D eigenvalue weighted by Crippen LogP contribution is 2.24. The second kappa shape index (κ2) is 8.35. The molecule has 0 radical (unpaired) electrons. The molecule has 0 aliphatic heterocycles. The van der Waals surface area contributed by atoms with Crippen LogP contribution in [0.25, 0.3) is 0 Å². The number of nitrogens with one attached hydrogen (secondary N) is 1. The van der Waals surface area contributed by atoms with Crippen molar-refractivity contribution in [2.45, 2.75) is 16.5 Å². The third-order valence-corrected chi connectivity index (χ3v) is 6.94. The summed E-state index contributed by atoms with van der Waals surface area (Å²) in [6.45, 7) is 0. The summed E-state index contributed by atoms with van der Waals surface area (Å²) >= 11 is 12.4. The molecule has 0 unspecified atom stereocenters. The Morgan fingerprint density at radius 1 is 0.926 bits per heavy atom. The number of halogens is 2. The van der Waals surface area contributed by atoms with E-state index in [1.165, 1.54) is 0 Å². The van der Waals surface area contributed by atoms with E-state index in [1.807, 2.05) is 0 Å². The Kier molecular flexibility index (Phi) is 6.11. The van der Waals surface area contributed by atoms with Crippen LogP contribution in [-0.2, 0) is 26.8 Å². The minimum atomic E-state index is -3.67. The van der Waals surface area contributed by atoms with Gasteiger partial charge in [0.25, 0.3) is 0 Å². The summed E-state index contributed by atoms with van der Waals surface area (Å²) in [7, 11) is -3.67. The van der Waals surface area contributed by atoms with E-state index in [9.17, 15) is 13.2 Å². The van der Waals surface area contributed by atoms with Gasteiger partial charge in [0.05, 0.1) is 12.2 Å². The zero-order valence-electron chi connectivity index (χ0n) is 13.7. The lowest BCUT2D eigenvalue weighted by Gasteiger charge is -2.02. The molecule has 140 valence electrons. The first kappa shape index (κ1) is 19.8. The highest BCUT2D eigenvalue weighted by molar-refractivity contribution is 7.92. The SMILES string of the molecule is O=C(Cc1ccc(Cl)cc1)Nc1nnc(S(=O)(=O)Cc2ccc(Cl)cc2)s1. The number of amides is 1. The van der Waals surface area contributed by atoms with E-state index in [0.717, 1.165) is 16.9 Å². The number of benzene rings is 2. The number of hydrogen-bond donors (Lipinski definition) is 1. The predicted octanol–water partition coefficient (Wildman–Crippen LogP) is 4.00. The zero-order valence-corrected chi connectivity index (χ0v) is 16.9. The molecule has 0 aliphatic carbocycles. The zero-order chi connectivity index (χ0) is 19.4. The Labute approximate surface area is 170 Å². The van der Waals surface area contributed by atoms with E-state index in [0.29, 0.717) is 15.6 Å². The van der Waals surface area contributed by atoms with E-state index < -0.39 is 9.84 Å². The van der Waals surface area contributed by atoms with Crippen LogP contribution in [0.15, 0.2) is 52.9 Å². The quantitative estimate of drug-likeness (QED) is 0.583. The number of carbonyl (C=O) groups is 1. The molecule has 6 nitrogen and oxygen atoms in total. The fourth-order valence-corrected chi connectivity index (χ4v) is 4.79. The van der Waals surface area contributed by atoms with Crippen LogP contribution in [0.1, 0.15) is 11.1 Å². The summed E-state index contributed by atoms with van der Waals surface area (Å²) < 4.78 is 24.8. The van der Waals surface area contributed by atoms with E-state index in [-0.39, 0.29) is 27.6 Å². The maximum Gasteiger partial charge on any atom is 0.234 e. The highest BCUT2D eigenvalue weighted by atomic mass is 35.5. The summed E-state index contributed by atoms with van der Waals surface area (Å²) in [5.41, 5.74) is 1.36. The maximum absolute atomic E-state index is 12.5. The van der Waals surface area contributed by atoms with Gasteiger partial charge in [-0.25, -0.2) is 8.42 Å². The summed E-state index contributed by atoms with van der Waals surface area (Å²) in [5, 5.41) is 11.2. The van der Waals surface area contributed by atoms with Crippen molar-refractivity contribution in [2.24, 2.45) is 0 Å². The van der Waals surface area contributed by atoms with Gasteiger partial charge in [0.1, 0.15) is 0 Å². The molecule has 3 rings (SSSR count). The van der Waals surface area contributed by atoms with Gasteiger partial charge >= 0.3 is 0 Å². The molecule has 3 aromatic rings. The highest BCUT2D eigenvalue weighted by Gasteiger charge is 2.21. The molecule has 0 aliphatic rings.